The van der Waals surface area contributed by atoms with Gasteiger partial charge in [-0.15, -0.1) is 0 Å². The highest BCUT2D eigenvalue weighted by molar-refractivity contribution is 5.94. The summed E-state index contributed by atoms with van der Waals surface area (Å²) in [6.45, 7) is 2.14. The van der Waals surface area contributed by atoms with Gasteiger partial charge in [-0.05, 0) is 37.0 Å². The molecule has 25 heavy (non-hydrogen) atoms. The van der Waals surface area contributed by atoms with Gasteiger partial charge in [0, 0.05) is 38.2 Å². The van der Waals surface area contributed by atoms with Crippen LogP contribution in [0, 0.1) is 0 Å². The molecule has 6 heteroatoms. The molecule has 0 unspecified atom stereocenters. The Labute approximate surface area is 148 Å². The van der Waals surface area contributed by atoms with Gasteiger partial charge in [-0.25, -0.2) is 0 Å². The molecular formula is C19H25N3O3. The number of nitrogens with zero attached hydrogens (tertiary/aromatic N) is 2. The molecule has 0 bridgehead atoms. The summed E-state index contributed by atoms with van der Waals surface area (Å²) in [5, 5.41) is 2.87. The fourth-order valence-corrected chi connectivity index (χ4v) is 3.42. The molecular weight excluding hydrogens is 318 g/mol. The lowest BCUT2D eigenvalue weighted by molar-refractivity contribution is -0.134. The summed E-state index contributed by atoms with van der Waals surface area (Å²) >= 11 is 0. The summed E-state index contributed by atoms with van der Waals surface area (Å²) in [4.78, 5) is 39.5. The van der Waals surface area contributed by atoms with Crippen LogP contribution in [0.3, 0.4) is 0 Å². The van der Waals surface area contributed by atoms with Gasteiger partial charge in [0.05, 0.1) is 6.54 Å². The number of rotatable bonds is 5. The Morgan fingerprint density at radius 3 is 2.52 bits per heavy atom. The first-order valence-electron chi connectivity index (χ1n) is 9.06. The zero-order valence-corrected chi connectivity index (χ0v) is 14.5. The second-order valence-corrected chi connectivity index (χ2v) is 6.79. The number of carbonyl (C=O) groups is 3. The Balaban J connectivity index is 1.56. The maximum absolute atomic E-state index is 12.3. The number of carbonyl (C=O) groups excluding carboxylic acids is 3. The van der Waals surface area contributed by atoms with E-state index >= 15 is 0 Å². The van der Waals surface area contributed by atoms with E-state index in [2.05, 4.69) is 5.32 Å². The largest absolute Gasteiger partial charge is 0.338 e. The molecule has 1 aromatic carbocycles. The topological polar surface area (TPSA) is 69.7 Å². The Bertz CT molecular complexity index is 659. The van der Waals surface area contributed by atoms with Crippen molar-refractivity contribution in [1.82, 2.24) is 9.80 Å². The third kappa shape index (κ3) is 4.81. The van der Waals surface area contributed by atoms with E-state index in [-0.39, 0.29) is 24.3 Å². The lowest BCUT2D eigenvalue weighted by Gasteiger charge is -2.20. The zero-order chi connectivity index (χ0) is 17.6. The molecule has 0 atom stereocenters. The minimum absolute atomic E-state index is 0.0638. The molecule has 0 aromatic heterocycles. The van der Waals surface area contributed by atoms with Gasteiger partial charge in [-0.2, -0.15) is 0 Å². The van der Waals surface area contributed by atoms with E-state index in [9.17, 15) is 14.4 Å². The quantitative estimate of drug-likeness (QED) is 0.890. The van der Waals surface area contributed by atoms with Crippen LogP contribution in [0.1, 0.15) is 44.1 Å². The minimum Gasteiger partial charge on any atom is -0.338 e. The number of nitrogens with one attached hydrogen (secondary N) is 1. The van der Waals surface area contributed by atoms with Gasteiger partial charge in [-0.1, -0.05) is 18.6 Å². The first-order valence-corrected chi connectivity index (χ1v) is 9.06. The molecule has 1 N–H and O–H groups in total. The van der Waals surface area contributed by atoms with E-state index in [1.165, 1.54) is 0 Å². The highest BCUT2D eigenvalue weighted by Crippen LogP contribution is 2.17. The summed E-state index contributed by atoms with van der Waals surface area (Å²) in [7, 11) is 0. The highest BCUT2D eigenvalue weighted by Gasteiger charge is 2.21. The number of likely N-dealkylation sites (tertiary alicyclic amines) is 2. The highest BCUT2D eigenvalue weighted by atomic mass is 16.2. The van der Waals surface area contributed by atoms with Crippen LogP contribution in [0.2, 0.25) is 0 Å². The molecule has 0 aliphatic carbocycles. The molecule has 2 aliphatic heterocycles. The van der Waals surface area contributed by atoms with Crippen LogP contribution in [0.15, 0.2) is 24.3 Å². The van der Waals surface area contributed by atoms with E-state index < -0.39 is 0 Å². The van der Waals surface area contributed by atoms with Crippen molar-refractivity contribution in [2.45, 2.75) is 45.1 Å². The minimum atomic E-state index is -0.176. The van der Waals surface area contributed by atoms with Crippen molar-refractivity contribution >= 4 is 23.4 Å². The maximum atomic E-state index is 12.3. The van der Waals surface area contributed by atoms with Crippen LogP contribution < -0.4 is 5.32 Å². The van der Waals surface area contributed by atoms with Gasteiger partial charge < -0.3 is 15.1 Å². The first kappa shape index (κ1) is 17.5. The molecule has 6 nitrogen and oxygen atoms in total. The Morgan fingerprint density at radius 1 is 0.960 bits per heavy atom. The van der Waals surface area contributed by atoms with Crippen molar-refractivity contribution in [1.29, 1.82) is 0 Å². The maximum Gasteiger partial charge on any atom is 0.243 e. The fraction of sp³-hybridized carbons (Fsp3) is 0.526. The van der Waals surface area contributed by atoms with E-state index in [1.54, 1.807) is 4.90 Å². The fourth-order valence-electron chi connectivity index (χ4n) is 3.42. The number of anilines is 1. The molecule has 2 heterocycles. The molecule has 2 aliphatic rings. The standard InChI is InChI=1S/C19H25N3O3/c23-17(14-22-10-3-1-2-8-18(22)24)20-16-7-4-6-15(12-16)13-21-11-5-9-19(21)25/h4,6-7,12H,1-3,5,8-11,13-14H2,(H,20,23). The summed E-state index contributed by atoms with van der Waals surface area (Å²) < 4.78 is 0. The van der Waals surface area contributed by atoms with Crippen molar-refractivity contribution in [3.05, 3.63) is 29.8 Å². The number of hydrogen-bond acceptors (Lipinski definition) is 3. The first-order chi connectivity index (χ1) is 12.1. The molecule has 0 spiro atoms. The van der Waals surface area contributed by atoms with E-state index in [1.807, 2.05) is 29.2 Å². The summed E-state index contributed by atoms with van der Waals surface area (Å²) in [5.74, 6) is 0.0766. The lowest BCUT2D eigenvalue weighted by atomic mass is 10.2. The molecule has 134 valence electrons. The number of amides is 3. The second kappa shape index (κ2) is 8.14. The summed E-state index contributed by atoms with van der Waals surface area (Å²) in [5.41, 5.74) is 1.70. The van der Waals surface area contributed by atoms with Crippen LogP contribution >= 0.6 is 0 Å². The predicted octanol–water partition coefficient (Wildman–Crippen LogP) is 2.15. The average molecular weight is 343 g/mol. The van der Waals surface area contributed by atoms with E-state index in [0.717, 1.165) is 37.8 Å². The Kier molecular flexibility index (Phi) is 5.68. The smallest absolute Gasteiger partial charge is 0.243 e. The van der Waals surface area contributed by atoms with Gasteiger partial charge in [0.15, 0.2) is 0 Å². The molecule has 0 radical (unpaired) electrons. The van der Waals surface area contributed by atoms with Crippen molar-refractivity contribution in [2.75, 3.05) is 25.0 Å². The number of benzene rings is 1. The van der Waals surface area contributed by atoms with Gasteiger partial charge in [0.25, 0.3) is 0 Å². The van der Waals surface area contributed by atoms with Crippen molar-refractivity contribution in [3.63, 3.8) is 0 Å². The Morgan fingerprint density at radius 2 is 1.72 bits per heavy atom. The van der Waals surface area contributed by atoms with Gasteiger partial charge in [0.2, 0.25) is 17.7 Å². The van der Waals surface area contributed by atoms with E-state index in [4.69, 9.17) is 0 Å². The average Bonchev–Trinajstić information content (AvgIpc) is 2.87. The normalized spacial score (nSPS) is 18.4. The van der Waals surface area contributed by atoms with Crippen LogP contribution in [-0.4, -0.2) is 47.2 Å². The molecule has 2 saturated heterocycles. The van der Waals surface area contributed by atoms with Gasteiger partial charge in [0.1, 0.15) is 0 Å². The summed E-state index contributed by atoms with van der Waals surface area (Å²) in [6.07, 6.45) is 4.99. The monoisotopic (exact) mass is 343 g/mol. The second-order valence-electron chi connectivity index (χ2n) is 6.79. The van der Waals surface area contributed by atoms with Crippen molar-refractivity contribution < 1.29 is 14.4 Å². The van der Waals surface area contributed by atoms with Crippen LogP contribution in [0.5, 0.6) is 0 Å². The predicted molar refractivity (Wildman–Crippen MR) is 94.8 cm³/mol. The third-order valence-electron chi connectivity index (χ3n) is 4.76. The Hall–Kier alpha value is -2.37. The van der Waals surface area contributed by atoms with Gasteiger partial charge in [-0.3, -0.25) is 14.4 Å². The van der Waals surface area contributed by atoms with Crippen LogP contribution in [-0.2, 0) is 20.9 Å². The molecule has 2 fully saturated rings. The molecule has 3 rings (SSSR count). The van der Waals surface area contributed by atoms with E-state index in [0.29, 0.717) is 31.6 Å². The molecule has 1 aromatic rings. The van der Waals surface area contributed by atoms with Crippen molar-refractivity contribution in [3.8, 4) is 0 Å². The van der Waals surface area contributed by atoms with Crippen LogP contribution in [0.4, 0.5) is 5.69 Å². The lowest BCUT2D eigenvalue weighted by Crippen LogP contribution is -2.37. The van der Waals surface area contributed by atoms with Crippen molar-refractivity contribution in [2.24, 2.45) is 0 Å². The SMILES string of the molecule is O=C(CN1CCCCCC1=O)Nc1cccc(CN2CCCC2=O)c1. The zero-order valence-electron chi connectivity index (χ0n) is 14.5. The van der Waals surface area contributed by atoms with Crippen LogP contribution in [0.25, 0.3) is 0 Å². The third-order valence-corrected chi connectivity index (χ3v) is 4.76. The number of hydrogen-bond donors (Lipinski definition) is 1. The summed E-state index contributed by atoms with van der Waals surface area (Å²) in [6, 6.07) is 7.56. The van der Waals surface area contributed by atoms with Gasteiger partial charge >= 0.3 is 0 Å². The molecule has 0 saturated carbocycles. The molecule has 3 amide bonds.